The van der Waals surface area contributed by atoms with Gasteiger partial charge in [0.25, 0.3) is 0 Å². The predicted octanol–water partition coefficient (Wildman–Crippen LogP) is 5.04. The van der Waals surface area contributed by atoms with Gasteiger partial charge in [0.1, 0.15) is 17.7 Å². The van der Waals surface area contributed by atoms with E-state index < -0.39 is 0 Å². The van der Waals surface area contributed by atoms with E-state index in [1.807, 2.05) is 41.8 Å². The molecule has 1 unspecified atom stereocenters. The van der Waals surface area contributed by atoms with Crippen molar-refractivity contribution in [3.63, 3.8) is 0 Å². The van der Waals surface area contributed by atoms with Crippen LogP contribution in [0.25, 0.3) is 28.1 Å². The summed E-state index contributed by atoms with van der Waals surface area (Å²) in [5.41, 5.74) is 3.02. The molecule has 0 saturated carbocycles. The van der Waals surface area contributed by atoms with Gasteiger partial charge in [-0.05, 0) is 56.5 Å². The van der Waals surface area contributed by atoms with E-state index in [4.69, 9.17) is 6.11 Å². The smallest absolute Gasteiger partial charge is 0.163 e. The van der Waals surface area contributed by atoms with E-state index in [-0.39, 0.29) is 18.2 Å². The van der Waals surface area contributed by atoms with Gasteiger partial charge >= 0.3 is 0 Å². The molecule has 0 aliphatic carbocycles. The molecule has 0 spiro atoms. The molecule has 5 rings (SSSR count). The lowest BCUT2D eigenvalue weighted by atomic mass is 10.2. The highest BCUT2D eigenvalue weighted by Gasteiger charge is 2.20. The summed E-state index contributed by atoms with van der Waals surface area (Å²) in [6.07, 6.45) is 6.10. The first-order valence-electron chi connectivity index (χ1n) is 10.0. The highest BCUT2D eigenvalue weighted by Crippen LogP contribution is 2.31. The van der Waals surface area contributed by atoms with E-state index in [1.165, 1.54) is 12.4 Å². The fourth-order valence-corrected chi connectivity index (χ4v) is 3.83. The molecule has 0 bridgehead atoms. The molecule has 4 heterocycles. The first-order valence-corrected chi connectivity index (χ1v) is 9.52. The number of benzene rings is 1. The molecule has 1 aliphatic heterocycles. The molecule has 0 amide bonds. The first-order chi connectivity index (χ1) is 14.1. The number of fused-ring (bicyclic) bond motifs is 1. The van der Waals surface area contributed by atoms with Crippen molar-refractivity contribution < 1.29 is 10.5 Å². The van der Waals surface area contributed by atoms with Gasteiger partial charge in [0, 0.05) is 41.9 Å². The molecule has 4 aromatic rings. The maximum Gasteiger partial charge on any atom is 0.163 e. The van der Waals surface area contributed by atoms with Crippen LogP contribution in [0.1, 0.15) is 32.6 Å². The van der Waals surface area contributed by atoms with E-state index in [0.29, 0.717) is 29.2 Å². The molecular formula is C22H21FN4O. The molecule has 1 aromatic carbocycles. The van der Waals surface area contributed by atoms with Crippen LogP contribution in [0.15, 0.2) is 55.0 Å². The molecule has 1 fully saturated rings. The molecule has 0 N–H and O–H groups in total. The predicted molar refractivity (Wildman–Crippen MR) is 106 cm³/mol. The maximum absolute atomic E-state index is 14.8. The van der Waals surface area contributed by atoms with Crippen molar-refractivity contribution in [2.75, 3.05) is 6.61 Å². The van der Waals surface area contributed by atoms with Crippen LogP contribution >= 0.6 is 0 Å². The quantitative estimate of drug-likeness (QED) is 0.503. The van der Waals surface area contributed by atoms with Crippen LogP contribution in [0.2, 0.25) is 0 Å². The van der Waals surface area contributed by atoms with Gasteiger partial charge in [-0.15, -0.1) is 0 Å². The van der Waals surface area contributed by atoms with Gasteiger partial charge in [-0.3, -0.25) is 4.57 Å². The highest BCUT2D eigenvalue weighted by molar-refractivity contribution is 5.83. The number of hydrogen-bond donors (Lipinski definition) is 0. The van der Waals surface area contributed by atoms with Gasteiger partial charge in [0.2, 0.25) is 0 Å². The van der Waals surface area contributed by atoms with Crippen LogP contribution in [0.5, 0.6) is 0 Å². The monoisotopic (exact) mass is 377 g/mol. The van der Waals surface area contributed by atoms with Crippen LogP contribution in [-0.2, 0) is 4.74 Å². The zero-order valence-electron chi connectivity index (χ0n) is 16.6. The summed E-state index contributed by atoms with van der Waals surface area (Å²) in [4.78, 5) is 8.91. The molecule has 3 aromatic heterocycles. The largest absolute Gasteiger partial charge is 0.358 e. The Morgan fingerprint density at radius 3 is 3.00 bits per heavy atom. The van der Waals surface area contributed by atoms with Gasteiger partial charge in [-0.25, -0.2) is 14.4 Å². The number of hydrogen-bond acceptors (Lipinski definition) is 3. The zero-order valence-corrected chi connectivity index (χ0v) is 15.6. The number of pyridine rings is 1. The van der Waals surface area contributed by atoms with E-state index in [0.717, 1.165) is 30.5 Å². The third kappa shape index (κ3) is 2.90. The number of halogens is 1. The number of rotatable bonds is 3. The Morgan fingerprint density at radius 1 is 1.25 bits per heavy atom. The maximum atomic E-state index is 14.8. The van der Waals surface area contributed by atoms with E-state index in [2.05, 4.69) is 9.97 Å². The van der Waals surface area contributed by atoms with Crippen LogP contribution in [0.4, 0.5) is 4.39 Å². The van der Waals surface area contributed by atoms with Gasteiger partial charge in [0.05, 0.1) is 6.89 Å². The molecule has 28 heavy (non-hydrogen) atoms. The molecule has 1 atom stereocenters. The fraction of sp³-hybridized carbons (Fsp3) is 0.273. The zero-order chi connectivity index (χ0) is 20.0. The molecule has 0 radical (unpaired) electrons. The van der Waals surface area contributed by atoms with Crippen molar-refractivity contribution in [2.45, 2.75) is 32.4 Å². The van der Waals surface area contributed by atoms with Gasteiger partial charge in [-0.2, -0.15) is 0 Å². The van der Waals surface area contributed by atoms with E-state index in [9.17, 15) is 4.39 Å². The summed E-state index contributed by atoms with van der Waals surface area (Å²) < 4.78 is 32.5. The number of imidazole rings is 1. The summed E-state index contributed by atoms with van der Waals surface area (Å²) >= 11 is 0. The summed E-state index contributed by atoms with van der Waals surface area (Å²) in [5, 5.41) is 0.507. The van der Waals surface area contributed by atoms with Crippen molar-refractivity contribution in [1.29, 1.82) is 0 Å². The van der Waals surface area contributed by atoms with Crippen molar-refractivity contribution in [2.24, 2.45) is 0 Å². The fourth-order valence-electron chi connectivity index (χ4n) is 3.83. The summed E-state index contributed by atoms with van der Waals surface area (Å²) in [7, 11) is 0. The van der Waals surface area contributed by atoms with Crippen LogP contribution < -0.4 is 0 Å². The highest BCUT2D eigenvalue weighted by atomic mass is 19.1. The standard InChI is InChI=1S/C22H21FN4O/c1-15-5-4-6-19(25-15)22-24-10-11-26(22)16-8-9-20-17(13-16)18(23)14-27(20)21-7-2-3-12-28-21/h4-6,8-11,13-14,21H,2-3,7,12H2,1H3/i11D. The summed E-state index contributed by atoms with van der Waals surface area (Å²) in [6, 6.07) is 11.2. The minimum Gasteiger partial charge on any atom is -0.358 e. The van der Waals surface area contributed by atoms with Gasteiger partial charge < -0.3 is 9.30 Å². The number of nitrogens with zero attached hydrogens (tertiary/aromatic N) is 4. The molecular weight excluding hydrogens is 355 g/mol. The summed E-state index contributed by atoms with van der Waals surface area (Å²) in [5.74, 6) is 0.270. The van der Waals surface area contributed by atoms with Crippen molar-refractivity contribution in [3.05, 3.63) is 66.5 Å². The normalized spacial score (nSPS) is 17.8. The molecule has 1 saturated heterocycles. The Morgan fingerprint density at radius 2 is 2.18 bits per heavy atom. The lowest BCUT2D eigenvalue weighted by Crippen LogP contribution is -2.17. The molecule has 6 heteroatoms. The Bertz CT molecular complexity index is 1190. The minimum atomic E-state index is -0.294. The lowest BCUT2D eigenvalue weighted by molar-refractivity contribution is -0.0294. The van der Waals surface area contributed by atoms with E-state index in [1.54, 1.807) is 10.6 Å². The number of aryl methyl sites for hydroxylation is 1. The molecule has 142 valence electrons. The third-order valence-corrected chi connectivity index (χ3v) is 5.20. The molecule has 5 nitrogen and oxygen atoms in total. The second kappa shape index (κ2) is 6.87. The SMILES string of the molecule is [2H]c1cnc(-c2cccc(C)n2)n1-c1ccc2c(c1)c(F)cn2C1CCCCO1. The minimum absolute atomic E-state index is 0.131. The van der Waals surface area contributed by atoms with Crippen LogP contribution in [-0.4, -0.2) is 25.7 Å². The van der Waals surface area contributed by atoms with Crippen LogP contribution in [0, 0.1) is 12.7 Å². The van der Waals surface area contributed by atoms with Crippen LogP contribution in [0.3, 0.4) is 0 Å². The Hall–Kier alpha value is -2.99. The Kier molecular flexibility index (Phi) is 3.93. The van der Waals surface area contributed by atoms with Gasteiger partial charge in [0.15, 0.2) is 5.82 Å². The first kappa shape index (κ1) is 16.0. The Balaban J connectivity index is 1.62. The average Bonchev–Trinajstić information content (AvgIpc) is 3.28. The summed E-state index contributed by atoms with van der Waals surface area (Å²) in [6.45, 7) is 2.62. The number of aromatic nitrogens is 4. The second-order valence-electron chi connectivity index (χ2n) is 7.12. The lowest BCUT2D eigenvalue weighted by Gasteiger charge is -2.24. The second-order valence-corrected chi connectivity index (χ2v) is 7.12. The number of ether oxygens (including phenoxy) is 1. The van der Waals surface area contributed by atoms with Crippen molar-refractivity contribution in [1.82, 2.24) is 19.1 Å². The third-order valence-electron chi connectivity index (χ3n) is 5.20. The molecule has 1 aliphatic rings. The average molecular weight is 377 g/mol. The van der Waals surface area contributed by atoms with Crippen molar-refractivity contribution in [3.8, 4) is 17.2 Å². The topological polar surface area (TPSA) is 44.9 Å². The Labute approximate surface area is 163 Å². The van der Waals surface area contributed by atoms with Crippen molar-refractivity contribution >= 4 is 10.9 Å². The van der Waals surface area contributed by atoms with E-state index >= 15 is 0 Å². The van der Waals surface area contributed by atoms with Gasteiger partial charge in [-0.1, -0.05) is 6.07 Å².